The molecule has 0 saturated heterocycles. The summed E-state index contributed by atoms with van der Waals surface area (Å²) in [6.45, 7) is 9.85. The van der Waals surface area contributed by atoms with Gasteiger partial charge in [-0.05, 0) is 62.2 Å². The predicted octanol–water partition coefficient (Wildman–Crippen LogP) is 3.45. The first-order chi connectivity index (χ1) is 15.3. The highest BCUT2D eigenvalue weighted by Gasteiger charge is 2.24. The van der Waals surface area contributed by atoms with Gasteiger partial charge in [0.25, 0.3) is 0 Å². The summed E-state index contributed by atoms with van der Waals surface area (Å²) in [4.78, 5) is -0.913. The predicted molar refractivity (Wildman–Crippen MR) is 130 cm³/mol. The summed E-state index contributed by atoms with van der Waals surface area (Å²) in [7, 11) is -2.01. The second-order valence-corrected chi connectivity index (χ2v) is 10.2. The molecule has 0 bridgehead atoms. The topological polar surface area (TPSA) is 123 Å². The molecule has 2 aromatic carbocycles. The molecule has 2 unspecified atom stereocenters. The van der Waals surface area contributed by atoms with Gasteiger partial charge < -0.3 is 11.1 Å². The zero-order chi connectivity index (χ0) is 25.5. The average molecular weight is 504 g/mol. The van der Waals surface area contributed by atoms with Crippen molar-refractivity contribution in [3.05, 3.63) is 63.2 Å². The number of halogens is 3. The minimum absolute atomic E-state index is 0.0600. The Morgan fingerprint density at radius 2 is 1.67 bits per heavy atom. The van der Waals surface area contributed by atoms with E-state index in [1.807, 2.05) is 7.05 Å². The molecule has 2 aromatic rings. The normalized spacial score (nSPS) is 13.7. The summed E-state index contributed by atoms with van der Waals surface area (Å²) >= 11 is 5.34. The van der Waals surface area contributed by atoms with E-state index in [-0.39, 0.29) is 22.7 Å². The van der Waals surface area contributed by atoms with E-state index in [1.165, 1.54) is 29.2 Å². The van der Waals surface area contributed by atoms with Crippen LogP contribution in [-0.4, -0.2) is 33.1 Å². The highest BCUT2D eigenvalue weighted by Crippen LogP contribution is 2.28. The minimum atomic E-state index is -3.88. The zero-order valence-electron chi connectivity index (χ0n) is 19.6. The van der Waals surface area contributed by atoms with Crippen LogP contribution in [-0.2, 0) is 9.84 Å². The van der Waals surface area contributed by atoms with Crippen LogP contribution in [0.4, 0.5) is 8.78 Å². The fourth-order valence-electron chi connectivity index (χ4n) is 3.61. The molecule has 0 fully saturated rings. The third-order valence-electron chi connectivity index (χ3n) is 5.44. The van der Waals surface area contributed by atoms with Gasteiger partial charge in [0.05, 0.1) is 11.8 Å². The van der Waals surface area contributed by atoms with Crippen molar-refractivity contribution in [3.63, 3.8) is 0 Å². The minimum Gasteiger partial charge on any atom is -0.384 e. The summed E-state index contributed by atoms with van der Waals surface area (Å²) in [5.74, 6) is 3.20. The van der Waals surface area contributed by atoms with Crippen LogP contribution in [0.2, 0.25) is 5.02 Å². The van der Waals surface area contributed by atoms with Crippen LogP contribution in [0.5, 0.6) is 0 Å². The molecule has 7 nitrogen and oxygen atoms in total. The molecule has 0 aliphatic heterocycles. The lowest BCUT2D eigenvalue weighted by molar-refractivity contribution is 0.520. The van der Waals surface area contributed by atoms with Crippen molar-refractivity contribution in [2.45, 2.75) is 51.5 Å². The molecule has 2 rings (SSSR count). The van der Waals surface area contributed by atoms with E-state index >= 15 is 0 Å². The number of hydrogen-bond acceptors (Lipinski definition) is 6. The summed E-state index contributed by atoms with van der Waals surface area (Å²) in [5, 5.41) is 6.92. The van der Waals surface area contributed by atoms with Crippen molar-refractivity contribution in [2.24, 2.45) is 16.7 Å². The van der Waals surface area contributed by atoms with Gasteiger partial charge in [0.1, 0.15) is 22.4 Å². The van der Waals surface area contributed by atoms with E-state index in [4.69, 9.17) is 23.2 Å². The number of benzene rings is 2. The number of rotatable bonds is 7. The Balaban J connectivity index is 0.000000346. The molecule has 33 heavy (non-hydrogen) atoms. The first kappa shape index (κ1) is 28.8. The van der Waals surface area contributed by atoms with Gasteiger partial charge in [-0.1, -0.05) is 37.6 Å². The number of sulfone groups is 1. The zero-order valence-corrected chi connectivity index (χ0v) is 21.2. The lowest BCUT2D eigenvalue weighted by Crippen LogP contribution is -2.45. The Morgan fingerprint density at radius 1 is 1.15 bits per heavy atom. The first-order valence-electron chi connectivity index (χ1n) is 10.2. The monoisotopic (exact) mass is 503 g/mol. The van der Waals surface area contributed by atoms with Crippen LogP contribution in [0.25, 0.3) is 0 Å². The Bertz CT molecular complexity index is 1090. The molecule has 0 aliphatic carbocycles. The van der Waals surface area contributed by atoms with Gasteiger partial charge in [-0.15, -0.1) is 0 Å². The van der Waals surface area contributed by atoms with Crippen molar-refractivity contribution in [1.82, 2.24) is 10.9 Å². The number of nitrogens with zero attached hydrogens (tertiary/aromatic N) is 1. The number of nitrogens with one attached hydrogen (secondary N) is 2. The fourth-order valence-corrected chi connectivity index (χ4v) is 4.80. The third-order valence-corrected chi connectivity index (χ3v) is 7.43. The molecule has 0 amide bonds. The van der Waals surface area contributed by atoms with E-state index in [0.29, 0.717) is 5.84 Å². The molecular weight excluding hydrogens is 472 g/mol. The van der Waals surface area contributed by atoms with E-state index < -0.39 is 26.4 Å². The quantitative estimate of drug-likeness (QED) is 0.199. The summed E-state index contributed by atoms with van der Waals surface area (Å²) in [6, 6.07) is 5.78. The van der Waals surface area contributed by atoms with Crippen LogP contribution < -0.4 is 22.4 Å². The molecule has 11 heteroatoms. The van der Waals surface area contributed by atoms with Crippen LogP contribution >= 0.6 is 11.6 Å². The molecule has 0 spiro atoms. The van der Waals surface area contributed by atoms with Gasteiger partial charge in [0.2, 0.25) is 0 Å². The van der Waals surface area contributed by atoms with Crippen molar-refractivity contribution in [2.75, 3.05) is 12.8 Å². The number of hydrogen-bond donors (Lipinski definition) is 4. The molecular formula is C22H32ClF2N5O2S. The highest BCUT2D eigenvalue weighted by molar-refractivity contribution is 7.91. The Morgan fingerprint density at radius 3 is 2.12 bits per heavy atom. The Hall–Kier alpha value is -2.27. The highest BCUT2D eigenvalue weighted by atomic mass is 35.5. The van der Waals surface area contributed by atoms with Crippen molar-refractivity contribution in [3.8, 4) is 0 Å². The fraction of sp³-hybridized carbons (Fsp3) is 0.409. The summed E-state index contributed by atoms with van der Waals surface area (Å²) in [6.07, 6.45) is 0. The third kappa shape index (κ3) is 7.10. The van der Waals surface area contributed by atoms with Gasteiger partial charge in [-0.3, -0.25) is 0 Å². The van der Waals surface area contributed by atoms with Gasteiger partial charge >= 0.3 is 0 Å². The van der Waals surface area contributed by atoms with Crippen molar-refractivity contribution in [1.29, 1.82) is 0 Å². The summed E-state index contributed by atoms with van der Waals surface area (Å²) < 4.78 is 48.6. The number of aryl methyl sites for hydroxylation is 2. The van der Waals surface area contributed by atoms with E-state index in [0.717, 1.165) is 12.1 Å². The lowest BCUT2D eigenvalue weighted by atomic mass is 9.85. The SMILES string of the molecule is CCS(=O)(=O)c1c(F)cc(Cl)cc1F.CNC(/C(N)=N/NN)C(C)c1c(C)ccc(C)c1C. The maximum Gasteiger partial charge on any atom is 0.183 e. The lowest BCUT2D eigenvalue weighted by Gasteiger charge is -2.26. The van der Waals surface area contributed by atoms with E-state index in [1.54, 1.807) is 0 Å². The number of hydrazine groups is 1. The molecule has 6 N–H and O–H groups in total. The van der Waals surface area contributed by atoms with Crippen LogP contribution in [0.3, 0.4) is 0 Å². The maximum atomic E-state index is 13.1. The van der Waals surface area contributed by atoms with Crippen LogP contribution in [0.1, 0.15) is 42.0 Å². The number of hydrazone groups is 1. The molecule has 2 atom stereocenters. The van der Waals surface area contributed by atoms with Gasteiger partial charge in [-0.25, -0.2) is 28.6 Å². The molecule has 0 aliphatic rings. The van der Waals surface area contributed by atoms with Crippen molar-refractivity contribution < 1.29 is 17.2 Å². The molecule has 0 aromatic heterocycles. The average Bonchev–Trinajstić information content (AvgIpc) is 2.71. The number of nitrogens with two attached hydrogens (primary N) is 2. The van der Waals surface area contributed by atoms with E-state index in [9.17, 15) is 17.2 Å². The standard InChI is InChI=1S/C14H25N5.C8H7ClF2O2S/c1-8-6-7-9(2)12(10(8)3)11(4)13(17-5)14(15)18-19-16;1-2-14(12,13)8-6(10)3-5(9)4-7(8)11/h6-7,11,13,17,19H,16H2,1-5H3,(H2,15,18);3-4H,2H2,1H3. The summed E-state index contributed by atoms with van der Waals surface area (Å²) in [5.41, 5.74) is 13.4. The largest absolute Gasteiger partial charge is 0.384 e. The van der Waals surface area contributed by atoms with Crippen molar-refractivity contribution >= 4 is 27.3 Å². The molecule has 0 radical (unpaired) electrons. The van der Waals surface area contributed by atoms with Gasteiger partial charge in [-0.2, -0.15) is 5.10 Å². The Labute approximate surface area is 199 Å². The molecule has 0 heterocycles. The second kappa shape index (κ2) is 12.3. The first-order valence-corrected chi connectivity index (χ1v) is 12.2. The molecule has 184 valence electrons. The van der Waals surface area contributed by atoms with Gasteiger partial charge in [0.15, 0.2) is 9.84 Å². The number of amidine groups is 1. The molecule has 0 saturated carbocycles. The van der Waals surface area contributed by atoms with Crippen LogP contribution in [0.15, 0.2) is 34.3 Å². The Kier molecular flexibility index (Phi) is 10.7. The number of likely N-dealkylation sites (N-methyl/N-ethyl adjacent to an activating group) is 1. The second-order valence-electron chi connectivity index (χ2n) is 7.56. The smallest absolute Gasteiger partial charge is 0.183 e. The van der Waals surface area contributed by atoms with Gasteiger partial charge in [0, 0.05) is 10.9 Å². The van der Waals surface area contributed by atoms with E-state index in [2.05, 4.69) is 55.8 Å². The maximum absolute atomic E-state index is 13.1. The van der Waals surface area contributed by atoms with Crippen LogP contribution in [0, 0.1) is 32.4 Å².